The number of hydrogen-bond acceptors (Lipinski definition) is 5. The van der Waals surface area contributed by atoms with E-state index in [-0.39, 0.29) is 11.9 Å². The number of ether oxygens (including phenoxy) is 2. The van der Waals surface area contributed by atoms with Gasteiger partial charge < -0.3 is 20.1 Å². The third-order valence-electron chi connectivity index (χ3n) is 4.31. The average molecular weight is 329 g/mol. The summed E-state index contributed by atoms with van der Waals surface area (Å²) < 4.78 is 10.7. The first-order valence-electron chi connectivity index (χ1n) is 8.10. The lowest BCUT2D eigenvalue weighted by Crippen LogP contribution is -2.41. The summed E-state index contributed by atoms with van der Waals surface area (Å²) >= 11 is 0. The number of amides is 1. The van der Waals surface area contributed by atoms with Gasteiger partial charge in [0.15, 0.2) is 11.5 Å². The van der Waals surface area contributed by atoms with E-state index in [0.29, 0.717) is 19.9 Å². The number of fused-ring (bicyclic) bond motifs is 1. The molecule has 2 aliphatic rings. The summed E-state index contributed by atoms with van der Waals surface area (Å²) in [6, 6.07) is 6.31. The number of nitrogens with one attached hydrogen (secondary N) is 2. The van der Waals surface area contributed by atoms with Crippen LogP contribution in [-0.2, 0) is 11.2 Å². The molecule has 2 N–H and O–H groups in total. The lowest BCUT2D eigenvalue weighted by molar-refractivity contribution is -0.118. The minimum Gasteiger partial charge on any atom is -0.454 e. The summed E-state index contributed by atoms with van der Waals surface area (Å²) in [5.74, 6) is 1.57. The van der Waals surface area contributed by atoms with Crippen molar-refractivity contribution in [1.29, 1.82) is 0 Å². The summed E-state index contributed by atoms with van der Waals surface area (Å²) in [4.78, 5) is 14.2. The number of hydrogen-bond donors (Lipinski definition) is 2. The Morgan fingerprint density at radius 2 is 2.21 bits per heavy atom. The van der Waals surface area contributed by atoms with E-state index in [1.807, 2.05) is 31.5 Å². The average Bonchev–Trinajstić information content (AvgIpc) is 3.07. The second-order valence-corrected chi connectivity index (χ2v) is 6.10. The number of allylic oxidation sites excluding steroid dienone is 1. The van der Waals surface area contributed by atoms with Crippen molar-refractivity contribution in [3.8, 4) is 11.5 Å². The highest BCUT2D eigenvalue weighted by atomic mass is 16.7. The molecular weight excluding hydrogens is 306 g/mol. The number of rotatable bonds is 6. The highest BCUT2D eigenvalue weighted by Gasteiger charge is 2.17. The van der Waals surface area contributed by atoms with Gasteiger partial charge in [0.2, 0.25) is 12.7 Å². The number of nitrogens with zero attached hydrogens (tertiary/aromatic N) is 1. The minimum atomic E-state index is -0.0334. The van der Waals surface area contributed by atoms with Crippen molar-refractivity contribution >= 4 is 5.91 Å². The van der Waals surface area contributed by atoms with Crippen LogP contribution in [0.1, 0.15) is 18.9 Å². The van der Waals surface area contributed by atoms with Crippen molar-refractivity contribution in [2.75, 3.05) is 20.5 Å². The van der Waals surface area contributed by atoms with Gasteiger partial charge in [-0.3, -0.25) is 9.69 Å². The summed E-state index contributed by atoms with van der Waals surface area (Å²) in [6.07, 6.45) is 7.04. The molecule has 0 radical (unpaired) electrons. The zero-order chi connectivity index (χ0) is 16.9. The Morgan fingerprint density at radius 3 is 3.00 bits per heavy atom. The van der Waals surface area contributed by atoms with E-state index in [0.717, 1.165) is 23.5 Å². The maximum atomic E-state index is 12.1. The Labute approximate surface area is 142 Å². The van der Waals surface area contributed by atoms with E-state index >= 15 is 0 Å². The number of dihydropyridines is 1. The quantitative estimate of drug-likeness (QED) is 0.779. The topological polar surface area (TPSA) is 62.8 Å². The molecule has 0 saturated carbocycles. The highest BCUT2D eigenvalue weighted by Crippen LogP contribution is 2.32. The Bertz CT molecular complexity index is 669. The Balaban J connectivity index is 1.48. The molecule has 1 aromatic carbocycles. The fourth-order valence-electron chi connectivity index (χ4n) is 2.65. The largest absolute Gasteiger partial charge is 0.454 e. The molecule has 0 aliphatic carbocycles. The highest BCUT2D eigenvalue weighted by molar-refractivity contribution is 5.93. The van der Waals surface area contributed by atoms with Crippen molar-refractivity contribution in [3.05, 3.63) is 47.8 Å². The molecule has 2 aliphatic heterocycles. The van der Waals surface area contributed by atoms with E-state index in [2.05, 4.69) is 28.5 Å². The Morgan fingerprint density at radius 1 is 1.38 bits per heavy atom. The Hall–Kier alpha value is -2.47. The van der Waals surface area contributed by atoms with Gasteiger partial charge in [-0.15, -0.1) is 0 Å². The van der Waals surface area contributed by atoms with Gasteiger partial charge in [0.1, 0.15) is 0 Å². The SMILES string of the molecule is CC(Cc1ccc2c(c1)OCO2)N(C)CNC(=O)C1=CNC=CC1. The number of benzene rings is 1. The van der Waals surface area contributed by atoms with Crippen molar-refractivity contribution in [1.82, 2.24) is 15.5 Å². The molecule has 0 aromatic heterocycles. The molecule has 1 unspecified atom stereocenters. The molecule has 6 heteroatoms. The minimum absolute atomic E-state index is 0.0334. The van der Waals surface area contributed by atoms with Crippen molar-refractivity contribution < 1.29 is 14.3 Å². The van der Waals surface area contributed by atoms with Crippen molar-refractivity contribution in [2.24, 2.45) is 0 Å². The molecule has 1 atom stereocenters. The second-order valence-electron chi connectivity index (χ2n) is 6.10. The summed E-state index contributed by atoms with van der Waals surface area (Å²) in [6.45, 7) is 2.94. The predicted molar refractivity (Wildman–Crippen MR) is 91.5 cm³/mol. The third kappa shape index (κ3) is 3.89. The zero-order valence-electron chi connectivity index (χ0n) is 14.0. The molecule has 0 spiro atoms. The van der Waals surface area contributed by atoms with Gasteiger partial charge in [0.25, 0.3) is 0 Å². The number of carbonyl (C=O) groups is 1. The molecular formula is C18H23N3O3. The first-order chi connectivity index (χ1) is 11.6. The third-order valence-corrected chi connectivity index (χ3v) is 4.31. The summed E-state index contributed by atoms with van der Waals surface area (Å²) in [5.41, 5.74) is 1.93. The van der Waals surface area contributed by atoms with E-state index in [4.69, 9.17) is 9.47 Å². The zero-order valence-corrected chi connectivity index (χ0v) is 14.0. The first-order valence-corrected chi connectivity index (χ1v) is 8.10. The smallest absolute Gasteiger partial charge is 0.249 e. The molecule has 0 bridgehead atoms. The first kappa shape index (κ1) is 16.4. The standard InChI is InChI=1S/C18H23N3O3/c1-13(8-14-5-6-16-17(9-14)24-12-23-16)21(2)11-20-18(22)15-4-3-7-19-10-15/h3,5-7,9-10,13,19H,4,8,11-12H2,1-2H3,(H,20,22). The van der Waals surface area contributed by atoms with Crippen molar-refractivity contribution in [3.63, 3.8) is 0 Å². The lowest BCUT2D eigenvalue weighted by Gasteiger charge is -2.25. The molecule has 2 heterocycles. The number of likely N-dealkylation sites (N-methyl/N-ethyl adjacent to an activating group) is 1. The molecule has 1 aromatic rings. The van der Waals surface area contributed by atoms with Crippen LogP contribution in [-0.4, -0.2) is 37.4 Å². The molecule has 24 heavy (non-hydrogen) atoms. The van der Waals surface area contributed by atoms with Crippen molar-refractivity contribution in [2.45, 2.75) is 25.8 Å². The van der Waals surface area contributed by atoms with E-state index in [9.17, 15) is 4.79 Å². The van der Waals surface area contributed by atoms with Gasteiger partial charge in [-0.25, -0.2) is 0 Å². The molecule has 1 amide bonds. The summed E-state index contributed by atoms with van der Waals surface area (Å²) in [7, 11) is 2.01. The van der Waals surface area contributed by atoms with E-state index < -0.39 is 0 Å². The number of carbonyl (C=O) groups excluding carboxylic acids is 1. The van der Waals surface area contributed by atoms with Crippen LogP contribution >= 0.6 is 0 Å². The van der Waals surface area contributed by atoms with Crippen LogP contribution in [0.5, 0.6) is 11.5 Å². The van der Waals surface area contributed by atoms with Gasteiger partial charge in [-0.05, 0) is 50.7 Å². The molecule has 128 valence electrons. The fraction of sp³-hybridized carbons (Fsp3) is 0.389. The maximum Gasteiger partial charge on any atom is 0.249 e. The van der Waals surface area contributed by atoms with Crippen LogP contribution in [0, 0.1) is 0 Å². The van der Waals surface area contributed by atoms with E-state index in [1.165, 1.54) is 5.56 Å². The monoisotopic (exact) mass is 329 g/mol. The van der Waals surface area contributed by atoms with Gasteiger partial charge in [-0.1, -0.05) is 12.1 Å². The normalized spacial score (nSPS) is 16.5. The van der Waals surface area contributed by atoms with Crippen LogP contribution in [0.15, 0.2) is 42.2 Å². The van der Waals surface area contributed by atoms with Crippen LogP contribution < -0.4 is 20.1 Å². The summed E-state index contributed by atoms with van der Waals surface area (Å²) in [5, 5.41) is 5.90. The second kappa shape index (κ2) is 7.40. The predicted octanol–water partition coefficient (Wildman–Crippen LogP) is 1.74. The van der Waals surface area contributed by atoms with Crippen LogP contribution in [0.3, 0.4) is 0 Å². The van der Waals surface area contributed by atoms with Crippen LogP contribution in [0.25, 0.3) is 0 Å². The van der Waals surface area contributed by atoms with Crippen LogP contribution in [0.4, 0.5) is 0 Å². The lowest BCUT2D eigenvalue weighted by atomic mass is 10.1. The molecule has 0 fully saturated rings. The van der Waals surface area contributed by atoms with Gasteiger partial charge in [0, 0.05) is 17.8 Å². The van der Waals surface area contributed by atoms with E-state index in [1.54, 1.807) is 6.20 Å². The molecule has 0 saturated heterocycles. The maximum absolute atomic E-state index is 12.1. The molecule has 3 rings (SSSR count). The van der Waals surface area contributed by atoms with Gasteiger partial charge in [0.05, 0.1) is 6.67 Å². The fourth-order valence-corrected chi connectivity index (χ4v) is 2.65. The molecule has 6 nitrogen and oxygen atoms in total. The van der Waals surface area contributed by atoms with Gasteiger partial charge in [-0.2, -0.15) is 0 Å². The van der Waals surface area contributed by atoms with Crippen LogP contribution in [0.2, 0.25) is 0 Å². The van der Waals surface area contributed by atoms with Gasteiger partial charge >= 0.3 is 0 Å². The Kier molecular flexibility index (Phi) is 5.05.